The average Bonchev–Trinajstić information content (AvgIpc) is 3.73. The van der Waals surface area contributed by atoms with Crippen LogP contribution in [0.5, 0.6) is 0 Å². The van der Waals surface area contributed by atoms with Crippen molar-refractivity contribution in [1.29, 1.82) is 0 Å². The third-order valence-electron chi connectivity index (χ3n) is 9.09. The second kappa shape index (κ2) is 10.9. The molecule has 5 heteroatoms. The summed E-state index contributed by atoms with van der Waals surface area (Å²) >= 11 is 3.63. The quantitative estimate of drug-likeness (QED) is 0.191. The first-order valence-electron chi connectivity index (χ1n) is 15.9. The van der Waals surface area contributed by atoms with Crippen LogP contribution >= 0.6 is 22.7 Å². The highest BCUT2D eigenvalue weighted by Gasteiger charge is 2.18. The minimum atomic E-state index is 0.723. The number of aromatic nitrogens is 3. The first kappa shape index (κ1) is 27.4. The largest absolute Gasteiger partial charge is 0.246 e. The van der Waals surface area contributed by atoms with Crippen LogP contribution in [0, 0.1) is 0 Å². The van der Waals surface area contributed by atoms with Crippen LogP contribution < -0.4 is 0 Å². The number of rotatable bonds is 4. The molecule has 4 aromatic heterocycles. The molecule has 0 unspecified atom stereocenters. The van der Waals surface area contributed by atoms with Gasteiger partial charge in [0, 0.05) is 63.3 Å². The molecule has 48 heavy (non-hydrogen) atoms. The normalized spacial score (nSPS) is 11.8. The van der Waals surface area contributed by atoms with E-state index in [2.05, 4.69) is 146 Å². The Bertz CT molecular complexity index is 2850. The van der Waals surface area contributed by atoms with Crippen LogP contribution in [0.1, 0.15) is 0 Å². The number of pyridine rings is 1. The Balaban J connectivity index is 1.20. The molecule has 10 aromatic rings. The molecule has 0 aliphatic heterocycles. The molecule has 4 heterocycles. The van der Waals surface area contributed by atoms with Crippen molar-refractivity contribution in [3.8, 4) is 45.2 Å². The van der Waals surface area contributed by atoms with Gasteiger partial charge < -0.3 is 0 Å². The lowest BCUT2D eigenvalue weighted by molar-refractivity contribution is 1.19. The van der Waals surface area contributed by atoms with Gasteiger partial charge in [0.25, 0.3) is 0 Å². The lowest BCUT2D eigenvalue weighted by Crippen LogP contribution is -1.96. The van der Waals surface area contributed by atoms with Gasteiger partial charge in [0.15, 0.2) is 5.82 Å². The predicted molar refractivity (Wildman–Crippen MR) is 205 cm³/mol. The van der Waals surface area contributed by atoms with Crippen molar-refractivity contribution in [2.24, 2.45) is 0 Å². The summed E-state index contributed by atoms with van der Waals surface area (Å²) in [7, 11) is 0. The summed E-state index contributed by atoms with van der Waals surface area (Å²) in [6.45, 7) is 0. The van der Waals surface area contributed by atoms with Crippen LogP contribution in [-0.4, -0.2) is 15.0 Å². The Hall–Kier alpha value is -5.75. The first-order chi connectivity index (χ1) is 23.8. The van der Waals surface area contributed by atoms with Gasteiger partial charge in [-0.1, -0.05) is 121 Å². The fraction of sp³-hybridized carbons (Fsp3) is 0. The topological polar surface area (TPSA) is 38.7 Å². The fourth-order valence-electron chi connectivity index (χ4n) is 6.86. The van der Waals surface area contributed by atoms with E-state index in [1.165, 1.54) is 40.3 Å². The Morgan fingerprint density at radius 3 is 1.83 bits per heavy atom. The zero-order chi connectivity index (χ0) is 31.6. The zero-order valence-electron chi connectivity index (χ0n) is 25.6. The van der Waals surface area contributed by atoms with Gasteiger partial charge >= 0.3 is 0 Å². The molecule has 0 aliphatic rings. The molecule has 224 valence electrons. The Morgan fingerprint density at radius 1 is 0.396 bits per heavy atom. The monoisotopic (exact) mass is 647 g/mol. The van der Waals surface area contributed by atoms with E-state index >= 15 is 0 Å². The molecule has 3 nitrogen and oxygen atoms in total. The molecule has 0 N–H and O–H groups in total. The van der Waals surface area contributed by atoms with Crippen LogP contribution in [0.2, 0.25) is 0 Å². The van der Waals surface area contributed by atoms with Crippen molar-refractivity contribution >= 4 is 73.9 Å². The number of hydrogen-bond donors (Lipinski definition) is 0. The molecule has 0 fully saturated rings. The molecule has 0 saturated heterocycles. The standard InChI is InChI=1S/C43H25N3S2/c1-2-12-26(13-3-1)34-25-35(45-43(44-34)33-20-11-23-38-39(33)31-18-6-8-21-36(31)47-38)27-14-10-15-28(24-27)40-29-16-4-5-17-30(29)42-41(46-40)32-19-7-9-22-37(32)48-42/h1-25H. The lowest BCUT2D eigenvalue weighted by atomic mass is 9.99. The predicted octanol–water partition coefficient (Wildman–Crippen LogP) is 12.4. The molecule has 10 rings (SSSR count). The van der Waals surface area contributed by atoms with Crippen molar-refractivity contribution in [2.75, 3.05) is 0 Å². The highest BCUT2D eigenvalue weighted by atomic mass is 32.1. The molecule has 0 atom stereocenters. The number of thiophene rings is 2. The highest BCUT2D eigenvalue weighted by Crippen LogP contribution is 2.42. The molecule has 0 saturated carbocycles. The van der Waals surface area contributed by atoms with Crippen molar-refractivity contribution in [3.63, 3.8) is 0 Å². The lowest BCUT2D eigenvalue weighted by Gasteiger charge is -2.12. The van der Waals surface area contributed by atoms with Crippen LogP contribution in [0.4, 0.5) is 0 Å². The van der Waals surface area contributed by atoms with Crippen molar-refractivity contribution in [3.05, 3.63) is 152 Å². The van der Waals surface area contributed by atoms with Crippen LogP contribution in [0.15, 0.2) is 152 Å². The second-order valence-electron chi connectivity index (χ2n) is 12.0. The van der Waals surface area contributed by atoms with Gasteiger partial charge in [-0.05, 0) is 30.3 Å². The smallest absolute Gasteiger partial charge is 0.161 e. The summed E-state index contributed by atoms with van der Waals surface area (Å²) in [5, 5.41) is 6.02. The Labute approximate surface area is 284 Å². The third kappa shape index (κ3) is 4.36. The first-order valence-corrected chi connectivity index (χ1v) is 17.6. The number of benzene rings is 6. The van der Waals surface area contributed by atoms with Gasteiger partial charge in [-0.25, -0.2) is 15.0 Å². The highest BCUT2D eigenvalue weighted by molar-refractivity contribution is 7.26. The Kier molecular flexibility index (Phi) is 6.22. The van der Waals surface area contributed by atoms with Crippen molar-refractivity contribution in [2.45, 2.75) is 0 Å². The fourth-order valence-corrected chi connectivity index (χ4v) is 9.18. The van der Waals surface area contributed by atoms with E-state index in [1.54, 1.807) is 0 Å². The van der Waals surface area contributed by atoms with Gasteiger partial charge in [-0.2, -0.15) is 0 Å². The molecule has 0 aliphatic carbocycles. The summed E-state index contributed by atoms with van der Waals surface area (Å²) < 4.78 is 4.99. The number of fused-ring (bicyclic) bond motifs is 8. The maximum absolute atomic E-state index is 5.36. The molecule has 0 bridgehead atoms. The third-order valence-corrected chi connectivity index (χ3v) is 11.4. The minimum Gasteiger partial charge on any atom is -0.246 e. The van der Waals surface area contributed by atoms with Gasteiger partial charge in [-0.3, -0.25) is 0 Å². The second-order valence-corrected chi connectivity index (χ2v) is 14.1. The van der Waals surface area contributed by atoms with E-state index in [0.717, 1.165) is 56.1 Å². The van der Waals surface area contributed by atoms with Crippen molar-refractivity contribution in [1.82, 2.24) is 15.0 Å². The van der Waals surface area contributed by atoms with Gasteiger partial charge in [-0.15, -0.1) is 22.7 Å². The van der Waals surface area contributed by atoms with Crippen molar-refractivity contribution < 1.29 is 0 Å². The molecule has 0 radical (unpaired) electrons. The minimum absolute atomic E-state index is 0.723. The van der Waals surface area contributed by atoms with Gasteiger partial charge in [0.1, 0.15) is 0 Å². The summed E-state index contributed by atoms with van der Waals surface area (Å²) in [4.78, 5) is 15.9. The van der Waals surface area contributed by atoms with E-state index < -0.39 is 0 Å². The summed E-state index contributed by atoms with van der Waals surface area (Å²) in [5.74, 6) is 0.723. The maximum atomic E-state index is 5.36. The SMILES string of the molecule is c1ccc(-c2cc(-c3cccc(-c4nc5c6ccccc6sc5c5ccccc45)c3)nc(-c3cccc4sc5ccccc5c34)n2)cc1. The number of hydrogen-bond acceptors (Lipinski definition) is 5. The van der Waals surface area contributed by atoms with E-state index in [-0.39, 0.29) is 0 Å². The van der Waals surface area contributed by atoms with Gasteiger partial charge in [0.05, 0.1) is 27.3 Å². The summed E-state index contributed by atoms with van der Waals surface area (Å²) in [5.41, 5.74) is 8.00. The van der Waals surface area contributed by atoms with Crippen LogP contribution in [0.3, 0.4) is 0 Å². The van der Waals surface area contributed by atoms with Gasteiger partial charge in [0.2, 0.25) is 0 Å². The van der Waals surface area contributed by atoms with E-state index in [1.807, 2.05) is 28.7 Å². The number of nitrogens with zero attached hydrogens (tertiary/aromatic N) is 3. The summed E-state index contributed by atoms with van der Waals surface area (Å²) in [6, 6.07) is 53.5. The Morgan fingerprint density at radius 2 is 1.00 bits per heavy atom. The molecule has 0 spiro atoms. The van der Waals surface area contributed by atoms with Crippen LogP contribution in [-0.2, 0) is 0 Å². The van der Waals surface area contributed by atoms with E-state index in [9.17, 15) is 0 Å². The molecule has 6 aromatic carbocycles. The maximum Gasteiger partial charge on any atom is 0.161 e. The molecular weight excluding hydrogens is 623 g/mol. The van der Waals surface area contributed by atoms with E-state index in [4.69, 9.17) is 15.0 Å². The van der Waals surface area contributed by atoms with Crippen LogP contribution in [0.25, 0.3) is 96.4 Å². The molecular formula is C43H25N3S2. The molecule has 0 amide bonds. The van der Waals surface area contributed by atoms with E-state index in [0.29, 0.717) is 0 Å². The zero-order valence-corrected chi connectivity index (χ0v) is 27.2. The average molecular weight is 648 g/mol. The summed E-state index contributed by atoms with van der Waals surface area (Å²) in [6.07, 6.45) is 0.